The maximum Gasteiger partial charge on any atom is 0.0794 e. The highest BCUT2D eigenvalue weighted by atomic mass is 16.3. The van der Waals surface area contributed by atoms with Crippen LogP contribution in [0, 0.1) is 0 Å². The van der Waals surface area contributed by atoms with E-state index in [4.69, 9.17) is 0 Å². The van der Waals surface area contributed by atoms with Crippen molar-refractivity contribution in [2.45, 2.75) is 25.4 Å². The summed E-state index contributed by atoms with van der Waals surface area (Å²) >= 11 is 0. The summed E-state index contributed by atoms with van der Waals surface area (Å²) < 4.78 is 0. The molecule has 1 saturated heterocycles. The van der Waals surface area contributed by atoms with Gasteiger partial charge in [-0.15, -0.1) is 0 Å². The summed E-state index contributed by atoms with van der Waals surface area (Å²) in [6, 6.07) is 0. The Morgan fingerprint density at radius 3 is 2.71 bits per heavy atom. The molecule has 0 bridgehead atoms. The lowest BCUT2D eigenvalue weighted by molar-refractivity contribution is -0.00320. The molecule has 1 aliphatic heterocycles. The lowest BCUT2D eigenvalue weighted by atomic mass is 9.95. The third-order valence-electron chi connectivity index (χ3n) is 2.54. The molecular weight excluding hydrogens is 174 g/mol. The predicted molar refractivity (Wildman–Crippen MR) is 59.9 cm³/mol. The number of piperidine rings is 1. The Balaban J connectivity index is 2.72. The average molecular weight is 193 g/mol. The first-order valence-electron chi connectivity index (χ1n) is 5.01. The highest BCUT2D eigenvalue weighted by molar-refractivity contribution is 5.21. The maximum absolute atomic E-state index is 9.93. The summed E-state index contributed by atoms with van der Waals surface area (Å²) in [7, 11) is 0. The van der Waals surface area contributed by atoms with Gasteiger partial charge in [0.25, 0.3) is 0 Å². The Bertz CT molecular complexity index is 253. The molecular formula is C12H19NO. The molecule has 1 heterocycles. The van der Waals surface area contributed by atoms with Crippen molar-refractivity contribution in [3.8, 4) is 0 Å². The second kappa shape index (κ2) is 4.47. The van der Waals surface area contributed by atoms with Crippen molar-refractivity contribution in [3.05, 3.63) is 37.1 Å². The van der Waals surface area contributed by atoms with Gasteiger partial charge in [0.1, 0.15) is 0 Å². The third kappa shape index (κ3) is 2.74. The number of allylic oxidation sites excluding steroid dienone is 3. The largest absolute Gasteiger partial charge is 0.388 e. The van der Waals surface area contributed by atoms with Gasteiger partial charge < -0.3 is 10.0 Å². The van der Waals surface area contributed by atoms with Gasteiger partial charge in [0, 0.05) is 18.8 Å². The third-order valence-corrected chi connectivity index (χ3v) is 2.54. The second-order valence-electron chi connectivity index (χ2n) is 4.05. The van der Waals surface area contributed by atoms with Crippen LogP contribution in [0.4, 0.5) is 0 Å². The van der Waals surface area contributed by atoms with Crippen molar-refractivity contribution in [1.82, 2.24) is 4.90 Å². The second-order valence-corrected chi connectivity index (χ2v) is 4.05. The van der Waals surface area contributed by atoms with Crippen molar-refractivity contribution in [3.63, 3.8) is 0 Å². The van der Waals surface area contributed by atoms with E-state index < -0.39 is 5.60 Å². The minimum absolute atomic E-state index is 0.568. The van der Waals surface area contributed by atoms with Gasteiger partial charge in [0.05, 0.1) is 5.60 Å². The molecule has 1 unspecified atom stereocenters. The molecule has 0 radical (unpaired) electrons. The van der Waals surface area contributed by atoms with E-state index in [1.807, 2.05) is 19.1 Å². The molecule has 0 spiro atoms. The van der Waals surface area contributed by atoms with Gasteiger partial charge in [-0.05, 0) is 31.9 Å². The van der Waals surface area contributed by atoms with Crippen LogP contribution in [0.3, 0.4) is 0 Å². The predicted octanol–water partition coefficient (Wildman–Crippen LogP) is 2.09. The first kappa shape index (κ1) is 11.1. The highest BCUT2D eigenvalue weighted by Crippen LogP contribution is 2.23. The first-order valence-corrected chi connectivity index (χ1v) is 5.01. The van der Waals surface area contributed by atoms with E-state index in [1.165, 1.54) is 0 Å². The van der Waals surface area contributed by atoms with E-state index in [-0.39, 0.29) is 0 Å². The highest BCUT2D eigenvalue weighted by Gasteiger charge is 2.28. The number of hydrogen-bond donors (Lipinski definition) is 1. The topological polar surface area (TPSA) is 23.5 Å². The molecule has 0 aromatic heterocycles. The molecule has 0 aliphatic carbocycles. The number of hydrogen-bond acceptors (Lipinski definition) is 2. The minimum atomic E-state index is -0.568. The van der Waals surface area contributed by atoms with Crippen LogP contribution in [-0.2, 0) is 0 Å². The molecule has 0 aromatic carbocycles. The Morgan fingerprint density at radius 2 is 2.21 bits per heavy atom. The van der Waals surface area contributed by atoms with Crippen LogP contribution >= 0.6 is 0 Å². The van der Waals surface area contributed by atoms with E-state index in [2.05, 4.69) is 18.1 Å². The maximum atomic E-state index is 9.93. The normalized spacial score (nSPS) is 28.7. The van der Waals surface area contributed by atoms with Crippen LogP contribution in [0.15, 0.2) is 37.1 Å². The van der Waals surface area contributed by atoms with Crippen molar-refractivity contribution in [2.24, 2.45) is 0 Å². The molecule has 1 N–H and O–H groups in total. The Hall–Kier alpha value is -1.02. The summed E-state index contributed by atoms with van der Waals surface area (Å²) in [5.41, 5.74) is 0.474. The quantitative estimate of drug-likeness (QED) is 0.694. The summed E-state index contributed by atoms with van der Waals surface area (Å²) in [6.45, 7) is 11.0. The molecule has 2 nitrogen and oxygen atoms in total. The fraction of sp³-hybridized carbons (Fsp3) is 0.500. The van der Waals surface area contributed by atoms with Gasteiger partial charge in [-0.25, -0.2) is 0 Å². The van der Waals surface area contributed by atoms with Crippen LogP contribution in [0.1, 0.15) is 19.8 Å². The minimum Gasteiger partial charge on any atom is -0.388 e. The van der Waals surface area contributed by atoms with Crippen molar-refractivity contribution in [1.29, 1.82) is 0 Å². The summed E-state index contributed by atoms with van der Waals surface area (Å²) in [5, 5.41) is 9.93. The molecule has 1 aliphatic rings. The van der Waals surface area contributed by atoms with Gasteiger partial charge >= 0.3 is 0 Å². The fourth-order valence-electron chi connectivity index (χ4n) is 1.86. The molecule has 1 rings (SSSR count). The molecule has 0 aromatic rings. The van der Waals surface area contributed by atoms with E-state index in [0.29, 0.717) is 6.54 Å². The van der Waals surface area contributed by atoms with Crippen LogP contribution in [0.2, 0.25) is 0 Å². The number of likely N-dealkylation sites (tertiary alicyclic amines) is 1. The molecule has 1 atom stereocenters. The zero-order valence-corrected chi connectivity index (χ0v) is 8.87. The summed E-state index contributed by atoms with van der Waals surface area (Å²) in [6.07, 6.45) is 7.38. The van der Waals surface area contributed by atoms with Gasteiger partial charge in [-0.3, -0.25) is 0 Å². The van der Waals surface area contributed by atoms with E-state index in [0.717, 1.165) is 25.1 Å². The molecule has 78 valence electrons. The zero-order chi connectivity index (χ0) is 10.6. The molecule has 2 heteroatoms. The van der Waals surface area contributed by atoms with Gasteiger partial charge in [0.15, 0.2) is 0 Å². The van der Waals surface area contributed by atoms with Crippen LogP contribution in [-0.4, -0.2) is 28.7 Å². The fourth-order valence-corrected chi connectivity index (χ4v) is 1.86. The summed E-state index contributed by atoms with van der Waals surface area (Å²) in [4.78, 5) is 2.15. The lowest BCUT2D eigenvalue weighted by Crippen LogP contribution is -2.45. The van der Waals surface area contributed by atoms with Crippen LogP contribution in [0.5, 0.6) is 0 Å². The van der Waals surface area contributed by atoms with E-state index in [9.17, 15) is 5.11 Å². The van der Waals surface area contributed by atoms with Crippen LogP contribution < -0.4 is 0 Å². The molecule has 1 fully saturated rings. The smallest absolute Gasteiger partial charge is 0.0794 e. The van der Waals surface area contributed by atoms with Gasteiger partial charge in [-0.1, -0.05) is 19.2 Å². The lowest BCUT2D eigenvalue weighted by Gasteiger charge is -2.38. The average Bonchev–Trinajstić information content (AvgIpc) is 2.12. The zero-order valence-electron chi connectivity index (χ0n) is 8.87. The molecule has 0 saturated carbocycles. The Labute approximate surface area is 86.2 Å². The first-order chi connectivity index (χ1) is 6.59. The summed E-state index contributed by atoms with van der Waals surface area (Å²) in [5.74, 6) is 0. The number of rotatable bonds is 3. The SMILES string of the molecule is C=CC=C(C=C)N1CCCC(C)(O)C1. The molecule has 0 amide bonds. The number of aliphatic hydroxyl groups is 1. The van der Waals surface area contributed by atoms with Crippen molar-refractivity contribution in [2.75, 3.05) is 13.1 Å². The standard InChI is InChI=1S/C12H19NO/c1-4-7-11(5-2)13-9-6-8-12(3,14)10-13/h4-5,7,14H,1-2,6,8-10H2,3H3. The molecule has 14 heavy (non-hydrogen) atoms. The Morgan fingerprint density at radius 1 is 1.50 bits per heavy atom. The van der Waals surface area contributed by atoms with Crippen molar-refractivity contribution >= 4 is 0 Å². The van der Waals surface area contributed by atoms with Crippen molar-refractivity contribution < 1.29 is 5.11 Å². The monoisotopic (exact) mass is 193 g/mol. The van der Waals surface area contributed by atoms with E-state index in [1.54, 1.807) is 6.08 Å². The number of β-amino-alcohol motifs (C(OH)–C–C–N with tert-alkyl or cyclic N) is 1. The number of nitrogens with zero attached hydrogens (tertiary/aromatic N) is 1. The Kier molecular flexibility index (Phi) is 3.53. The van der Waals surface area contributed by atoms with Gasteiger partial charge in [-0.2, -0.15) is 0 Å². The van der Waals surface area contributed by atoms with Gasteiger partial charge in [0.2, 0.25) is 0 Å². The van der Waals surface area contributed by atoms with E-state index >= 15 is 0 Å². The van der Waals surface area contributed by atoms with Crippen LogP contribution in [0.25, 0.3) is 0 Å².